The van der Waals surface area contributed by atoms with E-state index in [1.165, 1.54) is 11.9 Å². The Balaban J connectivity index is 1.75. The van der Waals surface area contributed by atoms with E-state index in [1.54, 1.807) is 18.5 Å². The third kappa shape index (κ3) is 3.67. The highest BCUT2D eigenvalue weighted by Crippen LogP contribution is 2.10. The van der Waals surface area contributed by atoms with Gasteiger partial charge in [0.1, 0.15) is 12.1 Å². The Morgan fingerprint density at radius 1 is 1.22 bits per heavy atom. The second-order valence-electron chi connectivity index (χ2n) is 3.69. The van der Waals surface area contributed by atoms with Crippen LogP contribution >= 0.6 is 0 Å². The Morgan fingerprint density at radius 2 is 2.06 bits per heavy atom. The SMILES string of the molecule is NNc1cc(OCCCc2ccncc2)ncn1. The van der Waals surface area contributed by atoms with Crippen LogP contribution in [0.3, 0.4) is 0 Å². The summed E-state index contributed by atoms with van der Waals surface area (Å²) in [7, 11) is 0. The van der Waals surface area contributed by atoms with Crippen molar-refractivity contribution in [1.29, 1.82) is 0 Å². The molecule has 0 amide bonds. The van der Waals surface area contributed by atoms with Crippen molar-refractivity contribution in [3.8, 4) is 5.88 Å². The van der Waals surface area contributed by atoms with Crippen molar-refractivity contribution < 1.29 is 4.74 Å². The van der Waals surface area contributed by atoms with Crippen LogP contribution < -0.4 is 16.0 Å². The zero-order valence-electron chi connectivity index (χ0n) is 9.91. The molecule has 3 N–H and O–H groups in total. The van der Waals surface area contributed by atoms with Gasteiger partial charge < -0.3 is 10.2 Å². The number of hydrazine groups is 1. The second-order valence-corrected chi connectivity index (χ2v) is 3.69. The number of pyridine rings is 1. The van der Waals surface area contributed by atoms with E-state index >= 15 is 0 Å². The first-order valence-electron chi connectivity index (χ1n) is 5.69. The molecule has 0 aliphatic carbocycles. The maximum absolute atomic E-state index is 5.51. The lowest BCUT2D eigenvalue weighted by molar-refractivity contribution is 0.299. The fourth-order valence-corrected chi connectivity index (χ4v) is 1.50. The van der Waals surface area contributed by atoms with Crippen LogP contribution in [-0.2, 0) is 6.42 Å². The first-order valence-corrected chi connectivity index (χ1v) is 5.69. The molecule has 2 rings (SSSR count). The Bertz CT molecular complexity index is 477. The molecular weight excluding hydrogens is 230 g/mol. The molecule has 6 nitrogen and oxygen atoms in total. The van der Waals surface area contributed by atoms with Gasteiger partial charge in [0.05, 0.1) is 6.61 Å². The molecule has 0 atom stereocenters. The van der Waals surface area contributed by atoms with Crippen molar-refractivity contribution in [2.24, 2.45) is 5.84 Å². The van der Waals surface area contributed by atoms with Crippen LogP contribution in [0.1, 0.15) is 12.0 Å². The minimum absolute atomic E-state index is 0.521. The number of nitrogens with zero attached hydrogens (tertiary/aromatic N) is 3. The third-order valence-corrected chi connectivity index (χ3v) is 2.40. The molecule has 2 aromatic heterocycles. The maximum atomic E-state index is 5.51. The van der Waals surface area contributed by atoms with Crippen molar-refractivity contribution in [2.45, 2.75) is 12.8 Å². The van der Waals surface area contributed by atoms with Gasteiger partial charge in [0.2, 0.25) is 5.88 Å². The Labute approximate surface area is 105 Å². The molecule has 0 aromatic carbocycles. The van der Waals surface area contributed by atoms with E-state index < -0.39 is 0 Å². The number of rotatable bonds is 6. The van der Waals surface area contributed by atoms with E-state index in [2.05, 4.69) is 20.4 Å². The van der Waals surface area contributed by atoms with Gasteiger partial charge in [-0.05, 0) is 30.5 Å². The van der Waals surface area contributed by atoms with Gasteiger partial charge in [0.25, 0.3) is 0 Å². The minimum atomic E-state index is 0.521. The van der Waals surface area contributed by atoms with E-state index in [9.17, 15) is 0 Å². The van der Waals surface area contributed by atoms with Crippen LogP contribution in [-0.4, -0.2) is 21.6 Å². The lowest BCUT2D eigenvalue weighted by atomic mass is 10.1. The molecule has 2 aromatic rings. The van der Waals surface area contributed by atoms with Crippen LogP contribution in [0.25, 0.3) is 0 Å². The number of nitrogen functional groups attached to an aromatic ring is 1. The summed E-state index contributed by atoms with van der Waals surface area (Å²) in [6, 6.07) is 5.66. The number of anilines is 1. The summed E-state index contributed by atoms with van der Waals surface area (Å²) in [5.74, 6) is 6.31. The molecule has 0 spiro atoms. The van der Waals surface area contributed by atoms with Crippen molar-refractivity contribution >= 4 is 5.82 Å². The Morgan fingerprint density at radius 3 is 2.83 bits per heavy atom. The quantitative estimate of drug-likeness (QED) is 0.451. The summed E-state index contributed by atoms with van der Waals surface area (Å²) in [5, 5.41) is 0. The lowest BCUT2D eigenvalue weighted by Crippen LogP contribution is -2.09. The molecule has 2 heterocycles. The van der Waals surface area contributed by atoms with Crippen molar-refractivity contribution in [3.63, 3.8) is 0 Å². The van der Waals surface area contributed by atoms with Crippen molar-refractivity contribution in [2.75, 3.05) is 12.0 Å². The molecule has 6 heteroatoms. The Kier molecular flexibility index (Phi) is 4.43. The minimum Gasteiger partial charge on any atom is -0.478 e. The van der Waals surface area contributed by atoms with Gasteiger partial charge in [0, 0.05) is 18.5 Å². The molecule has 94 valence electrons. The van der Waals surface area contributed by atoms with Crippen LogP contribution in [0.15, 0.2) is 36.9 Å². The number of hydrogen-bond acceptors (Lipinski definition) is 6. The topological polar surface area (TPSA) is 86.0 Å². The fourth-order valence-electron chi connectivity index (χ4n) is 1.50. The first kappa shape index (κ1) is 12.3. The van der Waals surface area contributed by atoms with Gasteiger partial charge in [-0.25, -0.2) is 15.8 Å². The first-order chi connectivity index (χ1) is 8.88. The molecule has 0 saturated heterocycles. The number of hydrogen-bond donors (Lipinski definition) is 2. The fraction of sp³-hybridized carbons (Fsp3) is 0.250. The summed E-state index contributed by atoms with van der Waals surface area (Å²) in [6.07, 6.45) is 6.86. The monoisotopic (exact) mass is 245 g/mol. The summed E-state index contributed by atoms with van der Waals surface area (Å²) in [4.78, 5) is 11.9. The molecule has 0 aliphatic heterocycles. The molecule has 0 fully saturated rings. The molecule has 18 heavy (non-hydrogen) atoms. The van der Waals surface area contributed by atoms with Crippen LogP contribution in [0, 0.1) is 0 Å². The molecule has 0 radical (unpaired) electrons. The van der Waals surface area contributed by atoms with Gasteiger partial charge in [-0.15, -0.1) is 0 Å². The van der Waals surface area contributed by atoms with E-state index in [0.29, 0.717) is 18.3 Å². The summed E-state index contributed by atoms with van der Waals surface area (Å²) < 4.78 is 5.51. The number of aryl methyl sites for hydroxylation is 1. The number of ether oxygens (including phenoxy) is 1. The molecule has 0 bridgehead atoms. The highest BCUT2D eigenvalue weighted by Gasteiger charge is 1.98. The highest BCUT2D eigenvalue weighted by molar-refractivity contribution is 5.35. The zero-order chi connectivity index (χ0) is 12.6. The van der Waals surface area contributed by atoms with Gasteiger partial charge in [0.15, 0.2) is 0 Å². The molecule has 0 unspecified atom stereocenters. The standard InChI is InChI=1S/C12H15N5O/c13-17-11-8-12(16-9-15-11)18-7-1-2-10-3-5-14-6-4-10/h3-6,8-9H,1-2,7,13H2,(H,15,16,17). The van der Waals surface area contributed by atoms with Gasteiger partial charge in [-0.1, -0.05) is 0 Å². The zero-order valence-corrected chi connectivity index (χ0v) is 9.91. The average Bonchev–Trinajstić information content (AvgIpc) is 2.45. The molecular formula is C12H15N5O. The van der Waals surface area contributed by atoms with E-state index in [0.717, 1.165) is 12.8 Å². The predicted octanol–water partition coefficient (Wildman–Crippen LogP) is 1.17. The number of nitrogens with two attached hydrogens (primary N) is 1. The summed E-state index contributed by atoms with van der Waals surface area (Å²) in [6.45, 7) is 0.601. The van der Waals surface area contributed by atoms with Crippen LogP contribution in [0.5, 0.6) is 5.88 Å². The van der Waals surface area contributed by atoms with Crippen molar-refractivity contribution in [1.82, 2.24) is 15.0 Å². The smallest absolute Gasteiger partial charge is 0.218 e. The highest BCUT2D eigenvalue weighted by atomic mass is 16.5. The van der Waals surface area contributed by atoms with E-state index in [1.807, 2.05) is 12.1 Å². The third-order valence-electron chi connectivity index (χ3n) is 2.40. The van der Waals surface area contributed by atoms with Gasteiger partial charge >= 0.3 is 0 Å². The van der Waals surface area contributed by atoms with E-state index in [-0.39, 0.29) is 0 Å². The average molecular weight is 245 g/mol. The normalized spacial score (nSPS) is 10.1. The van der Waals surface area contributed by atoms with Crippen LogP contribution in [0.2, 0.25) is 0 Å². The number of nitrogens with one attached hydrogen (secondary N) is 1. The maximum Gasteiger partial charge on any atom is 0.218 e. The largest absolute Gasteiger partial charge is 0.478 e. The van der Waals surface area contributed by atoms with Crippen molar-refractivity contribution in [3.05, 3.63) is 42.5 Å². The predicted molar refractivity (Wildman–Crippen MR) is 67.9 cm³/mol. The van der Waals surface area contributed by atoms with Crippen LogP contribution in [0.4, 0.5) is 5.82 Å². The summed E-state index contributed by atoms with van der Waals surface area (Å²) in [5.41, 5.74) is 3.70. The molecule has 0 saturated carbocycles. The second kappa shape index (κ2) is 6.51. The molecule has 0 aliphatic rings. The lowest BCUT2D eigenvalue weighted by Gasteiger charge is -2.06. The summed E-state index contributed by atoms with van der Waals surface area (Å²) >= 11 is 0. The van der Waals surface area contributed by atoms with Gasteiger partial charge in [-0.3, -0.25) is 4.98 Å². The van der Waals surface area contributed by atoms with E-state index in [4.69, 9.17) is 10.6 Å². The number of aromatic nitrogens is 3. The Hall–Kier alpha value is -2.21. The van der Waals surface area contributed by atoms with Gasteiger partial charge in [-0.2, -0.15) is 0 Å².